The minimum atomic E-state index is -3.29. The molecule has 9 heteroatoms. The van der Waals surface area contributed by atoms with Crippen molar-refractivity contribution in [3.63, 3.8) is 0 Å². The van der Waals surface area contributed by atoms with Gasteiger partial charge in [-0.25, -0.2) is 13.2 Å². The Morgan fingerprint density at radius 3 is 2.41 bits per heavy atom. The third-order valence-electron chi connectivity index (χ3n) is 4.12. The number of anilines is 1. The molecule has 0 aliphatic rings. The Bertz CT molecular complexity index is 1160. The smallest absolute Gasteiger partial charge is 0.332 e. The zero-order valence-electron chi connectivity index (χ0n) is 14.9. The van der Waals surface area contributed by atoms with E-state index in [1.54, 1.807) is 24.3 Å². The average Bonchev–Trinajstić information content (AvgIpc) is 3.14. The summed E-state index contributed by atoms with van der Waals surface area (Å²) in [4.78, 5) is 24.8. The van der Waals surface area contributed by atoms with Crippen LogP contribution in [0, 0.1) is 0 Å². The Balaban J connectivity index is 1.94. The molecule has 0 spiro atoms. The molecule has 1 N–H and O–H groups in total. The monoisotopic (exact) mass is 389 g/mol. The van der Waals surface area contributed by atoms with Crippen LogP contribution in [0.15, 0.2) is 67.6 Å². The Hall–Kier alpha value is -3.07. The second-order valence-electron chi connectivity index (χ2n) is 6.14. The highest BCUT2D eigenvalue weighted by Crippen LogP contribution is 2.13. The van der Waals surface area contributed by atoms with E-state index in [1.807, 2.05) is 0 Å². The summed E-state index contributed by atoms with van der Waals surface area (Å²) in [6.07, 6.45) is 2.67. The van der Waals surface area contributed by atoms with E-state index in [0.29, 0.717) is 18.1 Å². The molecule has 0 amide bonds. The van der Waals surface area contributed by atoms with E-state index in [1.165, 1.54) is 36.1 Å². The van der Waals surface area contributed by atoms with Gasteiger partial charge in [-0.15, -0.1) is 0 Å². The number of hydrogen-bond donors (Lipinski definition) is 1. The second-order valence-corrected chi connectivity index (χ2v) is 8.16. The standard InChI is InChI=1S/C18H19N3O5S/c1-20-17(22)10-16(19-11-14-4-3-9-26-14)21(18(20)23)12-13-5-7-15(8-6-13)27(2,24)25/h3-10,19H,11-12H2,1-2H3. The Morgan fingerprint density at radius 1 is 1.11 bits per heavy atom. The highest BCUT2D eigenvalue weighted by molar-refractivity contribution is 7.90. The van der Waals surface area contributed by atoms with Crippen LogP contribution in [-0.4, -0.2) is 23.8 Å². The van der Waals surface area contributed by atoms with Gasteiger partial charge in [-0.05, 0) is 29.8 Å². The Morgan fingerprint density at radius 2 is 1.81 bits per heavy atom. The summed E-state index contributed by atoms with van der Waals surface area (Å²) in [6, 6.07) is 11.1. The molecule has 0 unspecified atom stereocenters. The van der Waals surface area contributed by atoms with Crippen LogP contribution in [0.25, 0.3) is 0 Å². The van der Waals surface area contributed by atoms with E-state index in [2.05, 4.69) is 5.32 Å². The van der Waals surface area contributed by atoms with Crippen LogP contribution < -0.4 is 16.6 Å². The lowest BCUT2D eigenvalue weighted by atomic mass is 10.2. The number of nitrogens with one attached hydrogen (secondary N) is 1. The fourth-order valence-electron chi connectivity index (χ4n) is 2.58. The van der Waals surface area contributed by atoms with Crippen molar-refractivity contribution in [1.29, 1.82) is 0 Å². The van der Waals surface area contributed by atoms with Crippen LogP contribution in [0.1, 0.15) is 11.3 Å². The van der Waals surface area contributed by atoms with Gasteiger partial charge in [0.15, 0.2) is 9.84 Å². The van der Waals surface area contributed by atoms with Crippen molar-refractivity contribution < 1.29 is 12.8 Å². The van der Waals surface area contributed by atoms with Crippen LogP contribution in [0.2, 0.25) is 0 Å². The maximum Gasteiger partial charge on any atom is 0.332 e. The molecule has 0 fully saturated rings. The highest BCUT2D eigenvalue weighted by atomic mass is 32.2. The molecule has 0 aliphatic carbocycles. The van der Waals surface area contributed by atoms with Crippen molar-refractivity contribution in [3.8, 4) is 0 Å². The van der Waals surface area contributed by atoms with E-state index in [-0.39, 0.29) is 11.4 Å². The first-order valence-corrected chi connectivity index (χ1v) is 10.0. The summed E-state index contributed by atoms with van der Waals surface area (Å²) in [5, 5.41) is 3.04. The van der Waals surface area contributed by atoms with E-state index in [4.69, 9.17) is 4.42 Å². The fraction of sp³-hybridized carbons (Fsp3) is 0.222. The molecule has 3 rings (SSSR count). The molecule has 2 heterocycles. The van der Waals surface area contributed by atoms with Crippen LogP contribution >= 0.6 is 0 Å². The summed E-state index contributed by atoms with van der Waals surface area (Å²) < 4.78 is 30.8. The lowest BCUT2D eigenvalue weighted by Crippen LogP contribution is -2.39. The van der Waals surface area contributed by atoms with Crippen molar-refractivity contribution in [2.24, 2.45) is 7.05 Å². The molecule has 0 saturated carbocycles. The van der Waals surface area contributed by atoms with Crippen molar-refractivity contribution in [2.45, 2.75) is 18.0 Å². The largest absolute Gasteiger partial charge is 0.467 e. The summed E-state index contributed by atoms with van der Waals surface area (Å²) in [6.45, 7) is 0.490. The first-order chi connectivity index (χ1) is 12.8. The van der Waals surface area contributed by atoms with Gasteiger partial charge in [0.1, 0.15) is 11.6 Å². The Kier molecular flexibility index (Phi) is 5.04. The second kappa shape index (κ2) is 7.28. The molecule has 0 saturated heterocycles. The molecular weight excluding hydrogens is 370 g/mol. The molecule has 0 aliphatic heterocycles. The minimum absolute atomic E-state index is 0.178. The Labute approximate surface area is 155 Å². The first kappa shape index (κ1) is 18.7. The van der Waals surface area contributed by atoms with E-state index in [9.17, 15) is 18.0 Å². The molecule has 0 atom stereocenters. The number of hydrogen-bond acceptors (Lipinski definition) is 6. The predicted octanol–water partition coefficient (Wildman–Crippen LogP) is 1.20. The highest BCUT2D eigenvalue weighted by Gasteiger charge is 2.12. The van der Waals surface area contributed by atoms with Crippen molar-refractivity contribution in [3.05, 3.63) is 80.9 Å². The van der Waals surface area contributed by atoms with Crippen LogP contribution in [-0.2, 0) is 30.0 Å². The third kappa shape index (κ3) is 4.20. The fourth-order valence-corrected chi connectivity index (χ4v) is 3.22. The number of nitrogens with zero attached hydrogens (tertiary/aromatic N) is 2. The number of sulfone groups is 1. The van der Waals surface area contributed by atoms with Gasteiger partial charge in [-0.3, -0.25) is 13.9 Å². The van der Waals surface area contributed by atoms with Gasteiger partial charge in [-0.2, -0.15) is 0 Å². The normalized spacial score (nSPS) is 11.5. The lowest BCUT2D eigenvalue weighted by molar-refractivity contribution is 0.516. The molecule has 3 aromatic rings. The van der Waals surface area contributed by atoms with Crippen molar-refractivity contribution in [1.82, 2.24) is 9.13 Å². The number of rotatable bonds is 6. The van der Waals surface area contributed by atoms with Crippen molar-refractivity contribution in [2.75, 3.05) is 11.6 Å². The number of benzene rings is 1. The van der Waals surface area contributed by atoms with E-state index >= 15 is 0 Å². The molecular formula is C18H19N3O5S. The van der Waals surface area contributed by atoms with Crippen molar-refractivity contribution >= 4 is 15.7 Å². The number of furan rings is 1. The van der Waals surface area contributed by atoms with E-state index < -0.39 is 21.1 Å². The summed E-state index contributed by atoms with van der Waals surface area (Å²) in [5.74, 6) is 1.01. The third-order valence-corrected chi connectivity index (χ3v) is 5.24. The maximum atomic E-state index is 12.6. The number of aromatic nitrogens is 2. The van der Waals surface area contributed by atoms with Gasteiger partial charge in [0.25, 0.3) is 5.56 Å². The summed E-state index contributed by atoms with van der Waals surface area (Å²) >= 11 is 0. The van der Waals surface area contributed by atoms with Crippen LogP contribution in [0.5, 0.6) is 0 Å². The molecule has 27 heavy (non-hydrogen) atoms. The zero-order chi connectivity index (χ0) is 19.6. The van der Waals surface area contributed by atoms with Gasteiger partial charge < -0.3 is 9.73 Å². The van der Waals surface area contributed by atoms with Gasteiger partial charge in [-0.1, -0.05) is 12.1 Å². The predicted molar refractivity (Wildman–Crippen MR) is 101 cm³/mol. The van der Waals surface area contributed by atoms with Crippen LogP contribution in [0.3, 0.4) is 0 Å². The molecule has 0 radical (unpaired) electrons. The topological polar surface area (TPSA) is 103 Å². The molecule has 2 aromatic heterocycles. The molecule has 142 valence electrons. The zero-order valence-corrected chi connectivity index (χ0v) is 15.7. The summed E-state index contributed by atoms with van der Waals surface area (Å²) in [5.41, 5.74) is -0.175. The van der Waals surface area contributed by atoms with E-state index in [0.717, 1.165) is 16.4 Å². The first-order valence-electron chi connectivity index (χ1n) is 8.12. The van der Waals surface area contributed by atoms with Gasteiger partial charge in [0.05, 0.1) is 24.2 Å². The quantitative estimate of drug-likeness (QED) is 0.680. The summed E-state index contributed by atoms with van der Waals surface area (Å²) in [7, 11) is -1.88. The minimum Gasteiger partial charge on any atom is -0.467 e. The SMILES string of the molecule is Cn1c(=O)cc(NCc2ccco2)n(Cc2ccc(S(C)(=O)=O)cc2)c1=O. The van der Waals surface area contributed by atoms with Crippen LogP contribution in [0.4, 0.5) is 5.82 Å². The molecule has 0 bridgehead atoms. The van der Waals surface area contributed by atoms with Gasteiger partial charge in [0.2, 0.25) is 0 Å². The van der Waals surface area contributed by atoms with Gasteiger partial charge >= 0.3 is 5.69 Å². The lowest BCUT2D eigenvalue weighted by Gasteiger charge is -2.15. The maximum absolute atomic E-state index is 12.6. The van der Waals surface area contributed by atoms with Gasteiger partial charge in [0, 0.05) is 19.4 Å². The molecule has 1 aromatic carbocycles. The molecule has 8 nitrogen and oxygen atoms in total. The average molecular weight is 389 g/mol.